The molecule has 0 amide bonds. The second kappa shape index (κ2) is 6.94. The predicted molar refractivity (Wildman–Crippen MR) is 92.8 cm³/mol. The molecule has 0 fully saturated rings. The van der Waals surface area contributed by atoms with E-state index >= 15 is 0 Å². The zero-order chi connectivity index (χ0) is 19.6. The Labute approximate surface area is 151 Å². The number of alkyl halides is 3. The van der Waals surface area contributed by atoms with Crippen LogP contribution in [-0.4, -0.2) is 20.8 Å². The Morgan fingerprint density at radius 3 is 2.59 bits per heavy atom. The van der Waals surface area contributed by atoms with Crippen LogP contribution in [0.3, 0.4) is 0 Å². The Balaban J connectivity index is 1.96. The lowest BCUT2D eigenvalue weighted by Gasteiger charge is -2.11. The first-order valence-corrected chi connectivity index (χ1v) is 7.62. The topological polar surface area (TPSA) is 80.7 Å². The Kier molecular flexibility index (Phi) is 4.68. The molecule has 0 aliphatic heterocycles. The van der Waals surface area contributed by atoms with Gasteiger partial charge in [0.05, 0.1) is 22.4 Å². The van der Waals surface area contributed by atoms with Gasteiger partial charge in [-0.15, -0.1) is 0 Å². The molecule has 0 saturated carbocycles. The molecular formula is C18H12F3N3O3. The lowest BCUT2D eigenvalue weighted by Crippen LogP contribution is -2.06. The molecule has 3 aromatic rings. The van der Waals surface area contributed by atoms with Gasteiger partial charge in [0.1, 0.15) is 11.4 Å². The second-order valence-corrected chi connectivity index (χ2v) is 5.54. The van der Waals surface area contributed by atoms with Gasteiger partial charge < -0.3 is 9.67 Å². The molecule has 2 aromatic carbocycles. The summed E-state index contributed by atoms with van der Waals surface area (Å²) in [5, 5.41) is 20.6. The van der Waals surface area contributed by atoms with Gasteiger partial charge in [0, 0.05) is 24.0 Å². The van der Waals surface area contributed by atoms with Crippen molar-refractivity contribution in [2.75, 3.05) is 0 Å². The van der Waals surface area contributed by atoms with Crippen LogP contribution in [0.25, 0.3) is 5.69 Å². The van der Waals surface area contributed by atoms with Crippen molar-refractivity contribution in [1.82, 2.24) is 4.57 Å². The molecule has 6 nitrogen and oxygen atoms in total. The van der Waals surface area contributed by atoms with E-state index in [1.165, 1.54) is 22.9 Å². The highest BCUT2D eigenvalue weighted by molar-refractivity contribution is 5.82. The van der Waals surface area contributed by atoms with Crippen molar-refractivity contribution in [3.8, 4) is 11.4 Å². The highest BCUT2D eigenvalue weighted by Gasteiger charge is 2.30. The normalized spacial score (nSPS) is 11.8. The molecule has 3 rings (SSSR count). The Morgan fingerprint density at radius 1 is 1.11 bits per heavy atom. The van der Waals surface area contributed by atoms with Gasteiger partial charge in [0.15, 0.2) is 0 Å². The van der Waals surface area contributed by atoms with Crippen molar-refractivity contribution in [2.24, 2.45) is 4.99 Å². The Morgan fingerprint density at radius 2 is 1.89 bits per heavy atom. The third kappa shape index (κ3) is 3.97. The zero-order valence-corrected chi connectivity index (χ0v) is 13.6. The molecule has 0 aliphatic rings. The average Bonchev–Trinajstić information content (AvgIpc) is 3.09. The van der Waals surface area contributed by atoms with Gasteiger partial charge >= 0.3 is 6.18 Å². The summed E-state index contributed by atoms with van der Waals surface area (Å²) in [6.07, 6.45) is -1.60. The van der Waals surface area contributed by atoms with Crippen LogP contribution in [0, 0.1) is 10.1 Å². The predicted octanol–water partition coefficient (Wildman–Crippen LogP) is 4.86. The maximum absolute atomic E-state index is 12.9. The van der Waals surface area contributed by atoms with Gasteiger partial charge in [-0.2, -0.15) is 13.2 Å². The van der Waals surface area contributed by atoms with Gasteiger partial charge in [0.2, 0.25) is 0 Å². The number of aromatic hydroxyl groups is 1. The number of rotatable bonds is 4. The van der Waals surface area contributed by atoms with Gasteiger partial charge in [-0.3, -0.25) is 15.1 Å². The Hall–Kier alpha value is -3.62. The standard InChI is InChI=1S/C18H12F3N3O3/c19-18(20,21)12-3-1-4-13(9-12)23-8-2-5-15(23)11-22-16-10-14(24(26)27)6-7-17(16)25/h1-11,25H. The molecule has 1 heterocycles. The van der Waals surface area contributed by atoms with E-state index in [1.807, 2.05) is 0 Å². The molecule has 0 spiro atoms. The summed E-state index contributed by atoms with van der Waals surface area (Å²) < 4.78 is 40.2. The number of aromatic nitrogens is 1. The molecule has 0 unspecified atom stereocenters. The summed E-state index contributed by atoms with van der Waals surface area (Å²) in [7, 11) is 0. The van der Waals surface area contributed by atoms with Crippen LogP contribution in [0.1, 0.15) is 11.3 Å². The SMILES string of the molecule is O=[N+]([O-])c1ccc(O)c(N=Cc2cccn2-c2cccc(C(F)(F)F)c2)c1. The summed E-state index contributed by atoms with van der Waals surface area (Å²) in [5.74, 6) is -0.256. The number of hydrogen-bond donors (Lipinski definition) is 1. The number of aliphatic imine (C=N–C) groups is 1. The minimum absolute atomic E-state index is 0.0269. The van der Waals surface area contributed by atoms with Crippen LogP contribution in [0.2, 0.25) is 0 Å². The zero-order valence-electron chi connectivity index (χ0n) is 13.6. The first-order valence-electron chi connectivity index (χ1n) is 7.62. The van der Waals surface area contributed by atoms with Crippen molar-refractivity contribution in [3.63, 3.8) is 0 Å². The lowest BCUT2D eigenvalue weighted by atomic mass is 10.2. The number of hydrogen-bond acceptors (Lipinski definition) is 4. The van der Waals surface area contributed by atoms with E-state index in [9.17, 15) is 28.4 Å². The number of non-ortho nitro benzene ring substituents is 1. The van der Waals surface area contributed by atoms with E-state index in [2.05, 4.69) is 4.99 Å². The van der Waals surface area contributed by atoms with Crippen molar-refractivity contribution < 1.29 is 23.2 Å². The molecule has 9 heteroatoms. The number of phenols is 1. The van der Waals surface area contributed by atoms with Gasteiger partial charge in [-0.05, 0) is 36.4 Å². The van der Waals surface area contributed by atoms with Crippen molar-refractivity contribution in [1.29, 1.82) is 0 Å². The maximum Gasteiger partial charge on any atom is 0.416 e. The smallest absolute Gasteiger partial charge is 0.416 e. The molecule has 0 atom stereocenters. The number of phenolic OH excluding ortho intramolecular Hbond substituents is 1. The molecule has 1 N–H and O–H groups in total. The molecule has 27 heavy (non-hydrogen) atoms. The first-order chi connectivity index (χ1) is 12.8. The summed E-state index contributed by atoms with van der Waals surface area (Å²) >= 11 is 0. The number of halogens is 3. The minimum Gasteiger partial charge on any atom is -0.506 e. The van der Waals surface area contributed by atoms with Crippen LogP contribution in [0.4, 0.5) is 24.5 Å². The monoisotopic (exact) mass is 375 g/mol. The van der Waals surface area contributed by atoms with Crippen LogP contribution >= 0.6 is 0 Å². The van der Waals surface area contributed by atoms with E-state index in [0.717, 1.165) is 30.3 Å². The molecule has 138 valence electrons. The fourth-order valence-corrected chi connectivity index (χ4v) is 2.43. The third-order valence-corrected chi connectivity index (χ3v) is 3.74. The summed E-state index contributed by atoms with van der Waals surface area (Å²) in [5.41, 5.74) is -0.345. The largest absolute Gasteiger partial charge is 0.506 e. The van der Waals surface area contributed by atoms with Crippen molar-refractivity contribution in [3.05, 3.63) is 82.2 Å². The van der Waals surface area contributed by atoms with Gasteiger partial charge in [0.25, 0.3) is 5.69 Å². The molecule has 0 saturated heterocycles. The van der Waals surface area contributed by atoms with Crippen molar-refractivity contribution >= 4 is 17.6 Å². The molecular weight excluding hydrogens is 363 g/mol. The number of benzene rings is 2. The molecule has 0 bridgehead atoms. The average molecular weight is 375 g/mol. The van der Waals surface area contributed by atoms with E-state index in [0.29, 0.717) is 5.69 Å². The third-order valence-electron chi connectivity index (χ3n) is 3.74. The van der Waals surface area contributed by atoms with E-state index in [4.69, 9.17) is 0 Å². The highest BCUT2D eigenvalue weighted by atomic mass is 19.4. The highest BCUT2D eigenvalue weighted by Crippen LogP contribution is 2.32. The van der Waals surface area contributed by atoms with Crippen LogP contribution < -0.4 is 0 Å². The Bertz CT molecular complexity index is 1030. The number of nitrogens with zero attached hydrogens (tertiary/aromatic N) is 3. The van der Waals surface area contributed by atoms with Crippen LogP contribution in [0.15, 0.2) is 65.8 Å². The fraction of sp³-hybridized carbons (Fsp3) is 0.0556. The van der Waals surface area contributed by atoms with E-state index in [-0.39, 0.29) is 22.8 Å². The van der Waals surface area contributed by atoms with E-state index in [1.54, 1.807) is 18.3 Å². The van der Waals surface area contributed by atoms with Gasteiger partial charge in [-0.1, -0.05) is 6.07 Å². The molecule has 1 aromatic heterocycles. The van der Waals surface area contributed by atoms with Crippen LogP contribution in [0.5, 0.6) is 5.75 Å². The summed E-state index contributed by atoms with van der Waals surface area (Å²) in [6.45, 7) is 0. The fourth-order valence-electron chi connectivity index (χ4n) is 2.43. The summed E-state index contributed by atoms with van der Waals surface area (Å²) in [6, 6.07) is 11.4. The quantitative estimate of drug-likeness (QED) is 0.402. The lowest BCUT2D eigenvalue weighted by molar-refractivity contribution is -0.384. The molecule has 0 aliphatic carbocycles. The summed E-state index contributed by atoms with van der Waals surface area (Å²) in [4.78, 5) is 14.2. The number of nitro groups is 1. The van der Waals surface area contributed by atoms with Gasteiger partial charge in [-0.25, -0.2) is 0 Å². The number of nitro benzene ring substituents is 1. The minimum atomic E-state index is -4.47. The maximum atomic E-state index is 12.9. The molecule has 0 radical (unpaired) electrons. The van der Waals surface area contributed by atoms with Crippen molar-refractivity contribution in [2.45, 2.75) is 6.18 Å². The van der Waals surface area contributed by atoms with Crippen LogP contribution in [-0.2, 0) is 6.18 Å². The second-order valence-electron chi connectivity index (χ2n) is 5.54. The van der Waals surface area contributed by atoms with E-state index < -0.39 is 16.7 Å². The first kappa shape index (κ1) is 18.2.